The molecule has 17 heavy (non-hydrogen) atoms. The zero-order valence-corrected chi connectivity index (χ0v) is 11.0. The molecular formula is C12H23NO4. The van der Waals surface area contributed by atoms with Gasteiger partial charge in [0.15, 0.2) is 0 Å². The highest BCUT2D eigenvalue weighted by Crippen LogP contribution is 2.06. The quantitative estimate of drug-likeness (QED) is 0.620. The van der Waals surface area contributed by atoms with Gasteiger partial charge in [-0.1, -0.05) is 0 Å². The van der Waals surface area contributed by atoms with Gasteiger partial charge in [0.05, 0.1) is 13.2 Å². The minimum Gasteiger partial charge on any atom is -0.466 e. The summed E-state index contributed by atoms with van der Waals surface area (Å²) < 4.78 is 9.69. The molecule has 0 aliphatic carbocycles. The van der Waals surface area contributed by atoms with Crippen LogP contribution in [0.2, 0.25) is 0 Å². The molecule has 0 heterocycles. The first-order valence-corrected chi connectivity index (χ1v) is 6.12. The van der Waals surface area contributed by atoms with Gasteiger partial charge in [-0.3, -0.25) is 9.59 Å². The van der Waals surface area contributed by atoms with Crippen LogP contribution in [0.5, 0.6) is 0 Å². The van der Waals surface area contributed by atoms with Crippen LogP contribution < -0.4 is 5.32 Å². The van der Waals surface area contributed by atoms with E-state index in [1.807, 2.05) is 7.05 Å². The number of ether oxygens (including phenoxy) is 2. The molecule has 0 unspecified atom stereocenters. The lowest BCUT2D eigenvalue weighted by atomic mass is 10.1. The topological polar surface area (TPSA) is 64.6 Å². The standard InChI is InChI=1S/C12H23NO4/c1-4-16-11(14)8-6-10(13-3)7-9-12(15)17-5-2/h10,13H,4-9H2,1-3H3. The highest BCUT2D eigenvalue weighted by Gasteiger charge is 2.12. The summed E-state index contributed by atoms with van der Waals surface area (Å²) >= 11 is 0. The molecule has 0 amide bonds. The first-order chi connectivity index (χ1) is 8.13. The van der Waals surface area contributed by atoms with E-state index in [-0.39, 0.29) is 18.0 Å². The zero-order valence-electron chi connectivity index (χ0n) is 11.0. The van der Waals surface area contributed by atoms with Gasteiger partial charge in [0.25, 0.3) is 0 Å². The zero-order chi connectivity index (χ0) is 13.1. The van der Waals surface area contributed by atoms with E-state index in [0.29, 0.717) is 38.9 Å². The van der Waals surface area contributed by atoms with Crippen molar-refractivity contribution in [1.82, 2.24) is 5.32 Å². The molecule has 5 heteroatoms. The van der Waals surface area contributed by atoms with Crippen LogP contribution in [0.4, 0.5) is 0 Å². The predicted octanol–water partition coefficient (Wildman–Crippen LogP) is 1.26. The Morgan fingerprint density at radius 3 is 1.71 bits per heavy atom. The van der Waals surface area contributed by atoms with Crippen molar-refractivity contribution in [3.63, 3.8) is 0 Å². The SMILES string of the molecule is CCOC(=O)CCC(CCC(=O)OCC)NC. The average molecular weight is 245 g/mol. The molecule has 0 aromatic heterocycles. The van der Waals surface area contributed by atoms with E-state index >= 15 is 0 Å². The summed E-state index contributed by atoms with van der Waals surface area (Å²) in [4.78, 5) is 22.3. The van der Waals surface area contributed by atoms with Crippen LogP contribution in [0, 0.1) is 0 Å². The van der Waals surface area contributed by atoms with Crippen LogP contribution in [0.15, 0.2) is 0 Å². The van der Waals surface area contributed by atoms with Gasteiger partial charge < -0.3 is 14.8 Å². The van der Waals surface area contributed by atoms with Gasteiger partial charge in [-0.25, -0.2) is 0 Å². The summed E-state index contributed by atoms with van der Waals surface area (Å²) in [6.07, 6.45) is 2.10. The predicted molar refractivity (Wildman–Crippen MR) is 64.6 cm³/mol. The van der Waals surface area contributed by atoms with Gasteiger partial charge in [0.2, 0.25) is 0 Å². The van der Waals surface area contributed by atoms with E-state index in [2.05, 4.69) is 5.32 Å². The molecule has 0 aromatic rings. The second kappa shape index (κ2) is 10.1. The Balaban J connectivity index is 3.76. The molecule has 0 saturated carbocycles. The maximum absolute atomic E-state index is 11.2. The van der Waals surface area contributed by atoms with Crippen molar-refractivity contribution in [2.45, 2.75) is 45.6 Å². The van der Waals surface area contributed by atoms with E-state index in [0.717, 1.165) is 0 Å². The summed E-state index contributed by atoms with van der Waals surface area (Å²) in [5.41, 5.74) is 0. The summed E-state index contributed by atoms with van der Waals surface area (Å²) in [5, 5.41) is 3.08. The molecule has 5 nitrogen and oxygen atoms in total. The number of carbonyl (C=O) groups is 2. The summed E-state index contributed by atoms with van der Waals surface area (Å²) in [7, 11) is 1.82. The molecule has 0 aliphatic heterocycles. The van der Waals surface area contributed by atoms with Gasteiger partial charge in [0.1, 0.15) is 0 Å². The van der Waals surface area contributed by atoms with Gasteiger partial charge in [-0.05, 0) is 33.7 Å². The molecule has 0 atom stereocenters. The Labute approximate surface area is 103 Å². The minimum atomic E-state index is -0.191. The Bertz CT molecular complexity index is 209. The van der Waals surface area contributed by atoms with Crippen LogP contribution in [-0.2, 0) is 19.1 Å². The van der Waals surface area contributed by atoms with Gasteiger partial charge in [-0.15, -0.1) is 0 Å². The molecular weight excluding hydrogens is 222 g/mol. The van der Waals surface area contributed by atoms with E-state index in [9.17, 15) is 9.59 Å². The summed E-state index contributed by atoms with van der Waals surface area (Å²) in [6.45, 7) is 4.39. The van der Waals surface area contributed by atoms with Crippen molar-refractivity contribution in [3.05, 3.63) is 0 Å². The number of hydrogen-bond acceptors (Lipinski definition) is 5. The fourth-order valence-corrected chi connectivity index (χ4v) is 1.48. The fourth-order valence-electron chi connectivity index (χ4n) is 1.48. The molecule has 0 aliphatic rings. The van der Waals surface area contributed by atoms with Gasteiger partial charge >= 0.3 is 11.9 Å². The van der Waals surface area contributed by atoms with Crippen molar-refractivity contribution in [1.29, 1.82) is 0 Å². The largest absolute Gasteiger partial charge is 0.466 e. The Morgan fingerprint density at radius 2 is 1.41 bits per heavy atom. The smallest absolute Gasteiger partial charge is 0.305 e. The number of hydrogen-bond donors (Lipinski definition) is 1. The Hall–Kier alpha value is -1.10. The number of nitrogens with one attached hydrogen (secondary N) is 1. The number of rotatable bonds is 9. The minimum absolute atomic E-state index is 0.142. The van der Waals surface area contributed by atoms with Crippen molar-refractivity contribution in [2.24, 2.45) is 0 Å². The van der Waals surface area contributed by atoms with Crippen LogP contribution in [0.3, 0.4) is 0 Å². The molecule has 1 N–H and O–H groups in total. The number of carbonyl (C=O) groups excluding carboxylic acids is 2. The monoisotopic (exact) mass is 245 g/mol. The molecule has 0 bridgehead atoms. The maximum Gasteiger partial charge on any atom is 0.305 e. The van der Waals surface area contributed by atoms with Crippen molar-refractivity contribution in [3.8, 4) is 0 Å². The maximum atomic E-state index is 11.2. The molecule has 0 fully saturated rings. The molecule has 100 valence electrons. The molecule has 0 spiro atoms. The van der Waals surface area contributed by atoms with Gasteiger partial charge in [-0.2, -0.15) is 0 Å². The Kier molecular flexibility index (Phi) is 9.43. The van der Waals surface area contributed by atoms with Crippen LogP contribution in [0.25, 0.3) is 0 Å². The highest BCUT2D eigenvalue weighted by molar-refractivity contribution is 5.70. The van der Waals surface area contributed by atoms with E-state index < -0.39 is 0 Å². The Morgan fingerprint density at radius 1 is 1.00 bits per heavy atom. The second-order valence-corrected chi connectivity index (χ2v) is 3.67. The molecule has 0 rings (SSSR count). The lowest BCUT2D eigenvalue weighted by Crippen LogP contribution is -2.27. The third kappa shape index (κ3) is 8.68. The van der Waals surface area contributed by atoms with E-state index in [1.54, 1.807) is 13.8 Å². The van der Waals surface area contributed by atoms with Crippen molar-refractivity contribution < 1.29 is 19.1 Å². The normalized spacial score (nSPS) is 10.4. The van der Waals surface area contributed by atoms with Crippen LogP contribution >= 0.6 is 0 Å². The summed E-state index contributed by atoms with van der Waals surface area (Å²) in [6, 6.07) is 0.142. The highest BCUT2D eigenvalue weighted by atomic mass is 16.5. The third-order valence-corrected chi connectivity index (χ3v) is 2.41. The molecule has 0 saturated heterocycles. The molecule has 0 radical (unpaired) electrons. The first-order valence-electron chi connectivity index (χ1n) is 6.12. The lowest BCUT2D eigenvalue weighted by Gasteiger charge is -2.14. The van der Waals surface area contributed by atoms with Crippen molar-refractivity contribution in [2.75, 3.05) is 20.3 Å². The van der Waals surface area contributed by atoms with Gasteiger partial charge in [0, 0.05) is 18.9 Å². The van der Waals surface area contributed by atoms with E-state index in [4.69, 9.17) is 9.47 Å². The summed E-state index contributed by atoms with van der Waals surface area (Å²) in [5.74, 6) is -0.382. The lowest BCUT2D eigenvalue weighted by molar-refractivity contribution is -0.143. The van der Waals surface area contributed by atoms with Crippen molar-refractivity contribution >= 4 is 11.9 Å². The van der Waals surface area contributed by atoms with E-state index in [1.165, 1.54) is 0 Å². The second-order valence-electron chi connectivity index (χ2n) is 3.67. The fraction of sp³-hybridized carbons (Fsp3) is 0.833. The first kappa shape index (κ1) is 15.9. The average Bonchev–Trinajstić information content (AvgIpc) is 2.30. The van der Waals surface area contributed by atoms with Crippen LogP contribution in [-0.4, -0.2) is 38.2 Å². The molecule has 0 aromatic carbocycles. The van der Waals surface area contributed by atoms with Crippen LogP contribution in [0.1, 0.15) is 39.5 Å². The third-order valence-electron chi connectivity index (χ3n) is 2.41. The number of esters is 2.